The Hall–Kier alpha value is -8.54. The Bertz CT molecular complexity index is 3000. The lowest BCUT2D eigenvalue weighted by Gasteiger charge is -2.17. The topological polar surface area (TPSA) is 386 Å². The van der Waals surface area contributed by atoms with Gasteiger partial charge in [0, 0.05) is 52.9 Å². The molecule has 0 saturated heterocycles. The molecule has 0 aliphatic heterocycles. The van der Waals surface area contributed by atoms with Crippen LogP contribution in [-0.2, 0) is 29.1 Å². The Morgan fingerprint density at radius 3 is 1.40 bits per heavy atom. The van der Waals surface area contributed by atoms with Gasteiger partial charge < -0.3 is 52.7 Å². The average molecular weight is 971 g/mol. The Morgan fingerprint density at radius 1 is 0.618 bits per heavy atom. The van der Waals surface area contributed by atoms with Gasteiger partial charge in [-0.2, -0.15) is 38.3 Å². The molecule has 0 unspecified atom stereocenters. The summed E-state index contributed by atoms with van der Waals surface area (Å²) in [4.78, 5) is 74.2. The minimum Gasteiger partial charge on any atom is -0.480 e. The van der Waals surface area contributed by atoms with E-state index in [2.05, 4.69) is 56.2 Å². The van der Waals surface area contributed by atoms with Crippen LogP contribution in [-0.4, -0.2) is 109 Å². The minimum atomic E-state index is -4.89. The van der Waals surface area contributed by atoms with Gasteiger partial charge in [-0.1, -0.05) is 29.3 Å². The molecule has 0 bridgehead atoms. The second-order valence-corrected chi connectivity index (χ2v) is 16.1. The summed E-state index contributed by atoms with van der Waals surface area (Å²) in [6.45, 7) is -0.951. The van der Waals surface area contributed by atoms with E-state index in [4.69, 9.17) is 21.1 Å². The van der Waals surface area contributed by atoms with Gasteiger partial charge >= 0.3 is 11.9 Å². The molecule has 0 aliphatic carbocycles. The number of amides is 2. The lowest BCUT2D eigenvalue weighted by molar-refractivity contribution is -0.432. The maximum absolute atomic E-state index is 12.8. The lowest BCUT2D eigenvalue weighted by Crippen LogP contribution is -2.27. The average Bonchev–Trinajstić information content (AvgIpc) is 3.27. The van der Waals surface area contributed by atoms with Crippen LogP contribution in [0.15, 0.2) is 94.7 Å². The van der Waals surface area contributed by atoms with Gasteiger partial charge in [-0.05, 0) is 83.9 Å². The summed E-state index contributed by atoms with van der Waals surface area (Å²) < 4.78 is 40.5. The minimum absolute atomic E-state index is 0.00256. The summed E-state index contributed by atoms with van der Waals surface area (Å²) in [5, 5.41) is 43.3. The van der Waals surface area contributed by atoms with Crippen molar-refractivity contribution in [2.75, 3.05) is 58.3 Å². The molecule has 0 radical (unpaired) electrons. The van der Waals surface area contributed by atoms with Crippen LogP contribution in [0.5, 0.6) is 0 Å². The predicted molar refractivity (Wildman–Crippen MR) is 247 cm³/mol. The molecule has 352 valence electrons. The number of nitrogens with zero attached hydrogens (tertiary/aromatic N) is 8. The Morgan fingerprint density at radius 2 is 1.00 bits per heavy atom. The smallest absolute Gasteiger partial charge is 0.323 e. The van der Waals surface area contributed by atoms with Crippen LogP contribution in [0.1, 0.15) is 31.8 Å². The van der Waals surface area contributed by atoms with Gasteiger partial charge in [0.2, 0.25) is 47.5 Å². The van der Waals surface area contributed by atoms with Crippen molar-refractivity contribution in [1.29, 1.82) is 0 Å². The summed E-state index contributed by atoms with van der Waals surface area (Å²) >= 11 is 0.561. The number of hydrogen-bond acceptors (Lipinski definition) is 22. The van der Waals surface area contributed by atoms with Crippen LogP contribution in [0.2, 0.25) is 0 Å². The largest absolute Gasteiger partial charge is 0.480 e. The van der Waals surface area contributed by atoms with Gasteiger partial charge in [0.15, 0.2) is 0 Å². The molecule has 12 N–H and O–H groups in total. The van der Waals surface area contributed by atoms with Gasteiger partial charge in [-0.25, -0.2) is 5.26 Å². The van der Waals surface area contributed by atoms with Crippen molar-refractivity contribution < 1.29 is 57.0 Å². The monoisotopic (exact) mass is 970 g/mol. The van der Waals surface area contributed by atoms with Crippen molar-refractivity contribution in [3.63, 3.8) is 0 Å². The Balaban J connectivity index is 1.28. The molecule has 0 atom stereocenters. The molecule has 28 heteroatoms. The molecular weight excluding hydrogens is 933 g/mol. The molecule has 6 aromatic rings. The van der Waals surface area contributed by atoms with Crippen molar-refractivity contribution >= 4 is 117 Å². The van der Waals surface area contributed by atoms with Crippen molar-refractivity contribution in [3.8, 4) is 0 Å². The number of carboxylic acids is 2. The molecule has 4 aromatic carbocycles. The van der Waals surface area contributed by atoms with Crippen molar-refractivity contribution in [2.45, 2.75) is 9.79 Å². The first-order valence-corrected chi connectivity index (χ1v) is 21.4. The van der Waals surface area contributed by atoms with E-state index >= 15 is 0 Å². The third-order valence-corrected chi connectivity index (χ3v) is 10.5. The van der Waals surface area contributed by atoms with Crippen molar-refractivity contribution in [1.82, 2.24) is 29.9 Å². The first-order valence-electron chi connectivity index (χ1n) is 19.2. The van der Waals surface area contributed by atoms with Gasteiger partial charge in [0.25, 0.3) is 10.1 Å². The number of nitrogens with one attached hydrogen (secondary N) is 4. The number of rotatable bonds is 22. The highest BCUT2D eigenvalue weighted by molar-refractivity contribution is 7.94. The summed E-state index contributed by atoms with van der Waals surface area (Å²) in [6.07, 6.45) is 2.85. The van der Waals surface area contributed by atoms with Crippen LogP contribution in [0.4, 0.5) is 58.4 Å². The van der Waals surface area contributed by atoms with E-state index < -0.39 is 51.9 Å². The van der Waals surface area contributed by atoms with E-state index in [1.807, 2.05) is 0 Å². The highest BCUT2D eigenvalue weighted by Crippen LogP contribution is 2.32. The number of primary amides is 2. The van der Waals surface area contributed by atoms with E-state index in [0.29, 0.717) is 34.7 Å². The van der Waals surface area contributed by atoms with Crippen LogP contribution >= 0.6 is 12.0 Å². The predicted octanol–water partition coefficient (Wildman–Crippen LogP) is 4.12. The van der Waals surface area contributed by atoms with Gasteiger partial charge in [-0.15, -0.1) is 4.33 Å². The number of carboxylic acid groups (broad SMARTS) is 2. The molecule has 0 saturated carbocycles. The maximum atomic E-state index is 12.8. The first-order chi connectivity index (χ1) is 32.3. The number of aromatic nitrogens is 6. The molecule has 0 aliphatic rings. The normalized spacial score (nSPS) is 11.2. The molecule has 68 heavy (non-hydrogen) atoms. The van der Waals surface area contributed by atoms with Crippen molar-refractivity contribution in [3.05, 3.63) is 107 Å². The molecule has 0 spiro atoms. The number of benzene rings is 4. The number of anilines is 10. The standard InChI is InChI=1S/C40H38N14O12S2/c1-53(19-31(55)56)39-49-35(43-25-11-7-23(8-12-25)33(41)59)47-37(51-39)45-27-15-5-21(29(17-27)67-66-65-61)3-4-22-6-16-28(18-30(22)68(62,63)64)46-38-48-36(50-40(52-38)54(2)20-32(57)58)44-26-13-9-24(10-14-26)34(42)60/h3-18,61H,19-20H2,1-2H3,(H2,41,59)(H2,42,60)(H,55,56)(H,57,58)(H,62,63,64)(H2,43,45,47,49,51)(H2,44,46,48,50,52)/b4-3+. The fraction of sp³-hybridized carbons (Fsp3) is 0.100. The second-order valence-electron chi connectivity index (χ2n) is 14.0. The maximum Gasteiger partial charge on any atom is 0.323 e. The third-order valence-electron chi connectivity index (χ3n) is 8.94. The lowest BCUT2D eigenvalue weighted by atomic mass is 10.1. The van der Waals surface area contributed by atoms with Crippen LogP contribution in [0.3, 0.4) is 0 Å². The zero-order chi connectivity index (χ0) is 49.1. The molecule has 2 heterocycles. The zero-order valence-corrected chi connectivity index (χ0v) is 36.9. The number of carbonyl (C=O) groups excluding carboxylic acids is 2. The van der Waals surface area contributed by atoms with E-state index in [-0.39, 0.29) is 63.0 Å². The molecule has 26 nitrogen and oxygen atoms in total. The van der Waals surface area contributed by atoms with E-state index in [0.717, 1.165) is 6.07 Å². The highest BCUT2D eigenvalue weighted by atomic mass is 32.2. The molecule has 2 aromatic heterocycles. The van der Waals surface area contributed by atoms with Crippen molar-refractivity contribution in [2.24, 2.45) is 11.5 Å². The number of nitrogens with two attached hydrogens (primary N) is 2. The number of carbonyl (C=O) groups is 4. The second kappa shape index (κ2) is 21.6. The Kier molecular flexibility index (Phi) is 15.6. The first kappa shape index (κ1) is 48.9. The SMILES string of the molecule is CN(CC(=O)O)c1nc(Nc2ccc(C(N)=O)cc2)nc(Nc2ccc(/C=C/c3ccc(Nc4nc(Nc5ccc(C(N)=O)cc5)nc(N(C)CC(=O)O)n4)cc3S(=O)(=O)O)c(SOOO)c2)n1. The quantitative estimate of drug-likeness (QED) is 0.0150. The Labute approximate surface area is 388 Å². The fourth-order valence-electron chi connectivity index (χ4n) is 5.82. The van der Waals surface area contributed by atoms with Gasteiger partial charge in [0.1, 0.15) is 18.0 Å². The summed E-state index contributed by atoms with van der Waals surface area (Å²) in [7, 11) is -2.01. The van der Waals surface area contributed by atoms with E-state index in [1.54, 1.807) is 24.3 Å². The zero-order valence-electron chi connectivity index (χ0n) is 35.3. The third kappa shape index (κ3) is 13.5. The highest BCUT2D eigenvalue weighted by Gasteiger charge is 2.19. The van der Waals surface area contributed by atoms with Crippen LogP contribution in [0, 0.1) is 0 Å². The van der Waals surface area contributed by atoms with E-state index in [9.17, 15) is 42.4 Å². The molecule has 0 fully saturated rings. The molecule has 2 amide bonds. The van der Waals surface area contributed by atoms with Gasteiger partial charge in [0.05, 0.1) is 12.0 Å². The van der Waals surface area contributed by atoms with E-state index in [1.165, 1.54) is 90.6 Å². The van der Waals surface area contributed by atoms with Crippen LogP contribution < -0.4 is 42.5 Å². The summed E-state index contributed by atoms with van der Waals surface area (Å²) in [6, 6.07) is 20.7. The molecular formula is C40H38N14O12S2. The molecule has 6 rings (SSSR count). The fourth-order valence-corrected chi connectivity index (χ4v) is 7.04. The summed E-state index contributed by atoms with van der Waals surface area (Å²) in [5.41, 5.74) is 12.9. The number of hydrogen-bond donors (Lipinski definition) is 10. The van der Waals surface area contributed by atoms with Crippen LogP contribution in [0.25, 0.3) is 12.2 Å². The van der Waals surface area contributed by atoms with Gasteiger partial charge in [-0.3, -0.25) is 23.7 Å². The number of aliphatic carboxylic acids is 2. The summed E-state index contributed by atoms with van der Waals surface area (Å²) in [5.74, 6) is -3.98. The number of likely N-dealkylation sites (N-methyl/N-ethyl adjacent to an activating group) is 2.